The summed E-state index contributed by atoms with van der Waals surface area (Å²) in [5, 5.41) is 0. The Bertz CT molecular complexity index is 370. The van der Waals surface area contributed by atoms with E-state index in [1.807, 2.05) is 0 Å². The number of rotatable bonds is 3. The Hall–Kier alpha value is -1.38. The predicted molar refractivity (Wildman–Crippen MR) is 49.9 cm³/mol. The lowest BCUT2D eigenvalue weighted by Crippen LogP contribution is -2.09. The summed E-state index contributed by atoms with van der Waals surface area (Å²) >= 11 is 0. The van der Waals surface area contributed by atoms with Crippen LogP contribution >= 0.6 is 0 Å². The lowest BCUT2D eigenvalue weighted by atomic mass is 9.97. The summed E-state index contributed by atoms with van der Waals surface area (Å²) in [5.41, 5.74) is 0.398. The van der Waals surface area contributed by atoms with E-state index in [1.54, 1.807) is 6.07 Å². The molecule has 3 heteroatoms. The molecule has 0 unspecified atom stereocenters. The van der Waals surface area contributed by atoms with Gasteiger partial charge in [0, 0.05) is 11.6 Å². The molecule has 0 N–H and O–H groups in total. The van der Waals surface area contributed by atoms with Crippen molar-refractivity contribution in [3.8, 4) is 5.75 Å². The maximum atomic E-state index is 12.9. The van der Waals surface area contributed by atoms with Crippen LogP contribution in [-0.2, 0) is 10.2 Å². The van der Waals surface area contributed by atoms with E-state index in [9.17, 15) is 9.18 Å². The highest BCUT2D eigenvalue weighted by atomic mass is 19.1. The van der Waals surface area contributed by atoms with Crippen molar-refractivity contribution in [2.45, 2.75) is 18.3 Å². The third-order valence-corrected chi connectivity index (χ3v) is 2.71. The highest BCUT2D eigenvalue weighted by Crippen LogP contribution is 2.49. The molecule has 1 aliphatic carbocycles. The van der Waals surface area contributed by atoms with Crippen LogP contribution in [0, 0.1) is 5.82 Å². The molecule has 1 fully saturated rings. The molecule has 1 saturated carbocycles. The highest BCUT2D eigenvalue weighted by molar-refractivity contribution is 5.74. The van der Waals surface area contributed by atoms with Gasteiger partial charge in [0.25, 0.3) is 0 Å². The first-order valence-corrected chi connectivity index (χ1v) is 4.52. The Morgan fingerprint density at radius 1 is 1.50 bits per heavy atom. The van der Waals surface area contributed by atoms with Crippen molar-refractivity contribution in [1.82, 2.24) is 0 Å². The van der Waals surface area contributed by atoms with Crippen molar-refractivity contribution >= 4 is 6.29 Å². The fraction of sp³-hybridized carbons (Fsp3) is 0.364. The highest BCUT2D eigenvalue weighted by Gasteiger charge is 2.46. The van der Waals surface area contributed by atoms with Crippen LogP contribution in [0.15, 0.2) is 18.2 Å². The number of methoxy groups -OCH3 is 1. The first-order chi connectivity index (χ1) is 6.72. The van der Waals surface area contributed by atoms with E-state index in [1.165, 1.54) is 19.2 Å². The second kappa shape index (κ2) is 3.08. The van der Waals surface area contributed by atoms with E-state index in [4.69, 9.17) is 4.74 Å². The molecule has 0 aromatic heterocycles. The molecule has 0 heterocycles. The molecule has 0 aliphatic heterocycles. The maximum absolute atomic E-state index is 12.9. The summed E-state index contributed by atoms with van der Waals surface area (Å²) in [7, 11) is 1.49. The number of hydrogen-bond donors (Lipinski definition) is 0. The van der Waals surface area contributed by atoms with Crippen LogP contribution in [0.1, 0.15) is 18.4 Å². The van der Waals surface area contributed by atoms with Crippen molar-refractivity contribution in [3.05, 3.63) is 29.6 Å². The SMILES string of the molecule is COc1cc(F)ccc1C1(C=O)CC1. The van der Waals surface area contributed by atoms with Gasteiger partial charge in [0.2, 0.25) is 0 Å². The molecule has 0 bridgehead atoms. The van der Waals surface area contributed by atoms with Gasteiger partial charge < -0.3 is 9.53 Å². The molecular weight excluding hydrogens is 183 g/mol. The van der Waals surface area contributed by atoms with E-state index in [0.717, 1.165) is 24.7 Å². The standard InChI is InChI=1S/C11H11FO2/c1-14-10-6-8(12)2-3-9(10)11(7-13)4-5-11/h2-3,6-7H,4-5H2,1H3. The molecule has 0 saturated heterocycles. The molecule has 0 radical (unpaired) electrons. The fourth-order valence-corrected chi connectivity index (χ4v) is 1.66. The minimum atomic E-state index is -0.404. The predicted octanol–water partition coefficient (Wildman–Crippen LogP) is 2.06. The lowest BCUT2D eigenvalue weighted by molar-refractivity contribution is -0.109. The quantitative estimate of drug-likeness (QED) is 0.688. The monoisotopic (exact) mass is 194 g/mol. The fourth-order valence-electron chi connectivity index (χ4n) is 1.66. The number of halogens is 1. The van der Waals surface area contributed by atoms with Crippen molar-refractivity contribution in [2.24, 2.45) is 0 Å². The van der Waals surface area contributed by atoms with Gasteiger partial charge in [-0.15, -0.1) is 0 Å². The van der Waals surface area contributed by atoms with Crippen LogP contribution in [0.2, 0.25) is 0 Å². The molecule has 1 aliphatic rings. The number of ether oxygens (including phenoxy) is 1. The van der Waals surface area contributed by atoms with Gasteiger partial charge in [-0.3, -0.25) is 0 Å². The second-order valence-corrected chi connectivity index (χ2v) is 3.62. The summed E-state index contributed by atoms with van der Waals surface area (Å²) in [5.74, 6) is 0.127. The largest absolute Gasteiger partial charge is 0.496 e. The van der Waals surface area contributed by atoms with Gasteiger partial charge in [0.05, 0.1) is 12.5 Å². The maximum Gasteiger partial charge on any atom is 0.130 e. The molecule has 2 nitrogen and oxygen atoms in total. The number of hydrogen-bond acceptors (Lipinski definition) is 2. The molecule has 1 aromatic rings. The van der Waals surface area contributed by atoms with Crippen LogP contribution in [0.3, 0.4) is 0 Å². The van der Waals surface area contributed by atoms with Gasteiger partial charge in [-0.1, -0.05) is 6.07 Å². The summed E-state index contributed by atoms with van der Waals surface area (Å²) in [6.07, 6.45) is 2.60. The molecule has 0 amide bonds. The number of benzene rings is 1. The number of carbonyl (C=O) groups excluding carboxylic acids is 1. The minimum absolute atomic E-state index is 0.340. The van der Waals surface area contributed by atoms with Crippen molar-refractivity contribution in [1.29, 1.82) is 0 Å². The van der Waals surface area contributed by atoms with Crippen molar-refractivity contribution < 1.29 is 13.9 Å². The van der Waals surface area contributed by atoms with Crippen LogP contribution in [-0.4, -0.2) is 13.4 Å². The van der Waals surface area contributed by atoms with Crippen LogP contribution < -0.4 is 4.74 Å². The summed E-state index contributed by atoms with van der Waals surface area (Å²) in [4.78, 5) is 10.9. The Morgan fingerprint density at radius 3 is 2.71 bits per heavy atom. The van der Waals surface area contributed by atoms with E-state index in [0.29, 0.717) is 5.75 Å². The Morgan fingerprint density at radius 2 is 2.21 bits per heavy atom. The molecule has 2 rings (SSSR count). The van der Waals surface area contributed by atoms with Gasteiger partial charge in [0.1, 0.15) is 17.9 Å². The summed E-state index contributed by atoms with van der Waals surface area (Å²) in [6.45, 7) is 0. The van der Waals surface area contributed by atoms with E-state index in [-0.39, 0.29) is 5.82 Å². The van der Waals surface area contributed by atoms with Crippen molar-refractivity contribution in [3.63, 3.8) is 0 Å². The summed E-state index contributed by atoms with van der Waals surface area (Å²) < 4.78 is 17.9. The van der Waals surface area contributed by atoms with Gasteiger partial charge in [-0.2, -0.15) is 0 Å². The van der Waals surface area contributed by atoms with Crippen LogP contribution in [0.4, 0.5) is 4.39 Å². The van der Waals surface area contributed by atoms with Crippen LogP contribution in [0.25, 0.3) is 0 Å². The number of carbonyl (C=O) groups is 1. The molecule has 0 spiro atoms. The molecule has 1 aromatic carbocycles. The zero-order chi connectivity index (χ0) is 10.2. The number of aldehydes is 1. The van der Waals surface area contributed by atoms with Gasteiger partial charge in [-0.25, -0.2) is 4.39 Å². The van der Waals surface area contributed by atoms with E-state index in [2.05, 4.69) is 0 Å². The average molecular weight is 194 g/mol. The third kappa shape index (κ3) is 1.29. The Labute approximate surface area is 81.7 Å². The topological polar surface area (TPSA) is 26.3 Å². The zero-order valence-corrected chi connectivity index (χ0v) is 7.92. The minimum Gasteiger partial charge on any atom is -0.496 e. The lowest BCUT2D eigenvalue weighted by Gasteiger charge is -2.12. The third-order valence-electron chi connectivity index (χ3n) is 2.71. The Kier molecular flexibility index (Phi) is 2.02. The van der Waals surface area contributed by atoms with Crippen molar-refractivity contribution in [2.75, 3.05) is 7.11 Å². The Balaban J connectivity index is 2.47. The second-order valence-electron chi connectivity index (χ2n) is 3.62. The first kappa shape index (κ1) is 9.19. The molecular formula is C11H11FO2. The van der Waals surface area contributed by atoms with Gasteiger partial charge >= 0.3 is 0 Å². The normalized spacial score (nSPS) is 17.6. The smallest absolute Gasteiger partial charge is 0.130 e. The van der Waals surface area contributed by atoms with E-state index >= 15 is 0 Å². The first-order valence-electron chi connectivity index (χ1n) is 4.52. The molecule has 74 valence electrons. The van der Waals surface area contributed by atoms with Gasteiger partial charge in [0.15, 0.2) is 0 Å². The summed E-state index contributed by atoms with van der Waals surface area (Å²) in [6, 6.07) is 4.32. The zero-order valence-electron chi connectivity index (χ0n) is 7.92. The van der Waals surface area contributed by atoms with Crippen LogP contribution in [0.5, 0.6) is 5.75 Å². The molecule has 0 atom stereocenters. The molecule has 14 heavy (non-hydrogen) atoms. The average Bonchev–Trinajstić information content (AvgIpc) is 2.98. The van der Waals surface area contributed by atoms with Gasteiger partial charge in [-0.05, 0) is 18.9 Å². The van der Waals surface area contributed by atoms with E-state index < -0.39 is 5.41 Å².